The number of amides is 1. The maximum atomic E-state index is 12.2. The summed E-state index contributed by atoms with van der Waals surface area (Å²) in [4.78, 5) is 50.6. The highest BCUT2D eigenvalue weighted by Crippen LogP contribution is 2.29. The molecular weight excluding hydrogens is 392 g/mol. The number of aromatic nitrogens is 1. The molecule has 2 rings (SSSR count). The fourth-order valence-electron chi connectivity index (χ4n) is 2.31. The minimum Gasteiger partial charge on any atom is -0.462 e. The Kier molecular flexibility index (Phi) is 7.81. The van der Waals surface area contributed by atoms with E-state index in [1.807, 2.05) is 0 Å². The summed E-state index contributed by atoms with van der Waals surface area (Å²) in [5, 5.41) is 2.51. The lowest BCUT2D eigenvalue weighted by Crippen LogP contribution is -2.15. The van der Waals surface area contributed by atoms with Crippen LogP contribution in [0.5, 0.6) is 11.5 Å². The third-order valence-electron chi connectivity index (χ3n) is 3.45. The predicted octanol–water partition coefficient (Wildman–Crippen LogP) is 2.76. The quantitative estimate of drug-likeness (QED) is 0.419. The van der Waals surface area contributed by atoms with Crippen molar-refractivity contribution in [3.8, 4) is 11.5 Å². The van der Waals surface area contributed by atoms with Crippen LogP contribution in [0.1, 0.15) is 36.7 Å². The van der Waals surface area contributed by atoms with E-state index in [9.17, 15) is 19.2 Å². The Morgan fingerprint density at radius 1 is 1.03 bits per heavy atom. The zero-order chi connectivity index (χ0) is 22.1. The third kappa shape index (κ3) is 6.55. The van der Waals surface area contributed by atoms with E-state index >= 15 is 0 Å². The van der Waals surface area contributed by atoms with Gasteiger partial charge in [-0.1, -0.05) is 6.07 Å². The molecule has 9 heteroatoms. The van der Waals surface area contributed by atoms with Crippen molar-refractivity contribution in [2.24, 2.45) is 0 Å². The van der Waals surface area contributed by atoms with Crippen LogP contribution in [0.25, 0.3) is 6.08 Å². The molecule has 0 aliphatic heterocycles. The zero-order valence-corrected chi connectivity index (χ0v) is 16.6. The highest BCUT2D eigenvalue weighted by atomic mass is 16.6. The van der Waals surface area contributed by atoms with Gasteiger partial charge in [-0.2, -0.15) is 0 Å². The van der Waals surface area contributed by atoms with Crippen molar-refractivity contribution in [1.82, 2.24) is 4.98 Å². The molecule has 156 valence electrons. The standard InChI is InChI=1S/C21H20N2O7/c1-4-28-21(27)16-6-5-11-22-20(16)23-19(26)10-8-15-7-9-17(29-13(2)24)18(12-15)30-14(3)25/h5-12H,4H2,1-3H3,(H,22,23,26). The van der Waals surface area contributed by atoms with Crippen LogP contribution in [-0.4, -0.2) is 35.4 Å². The molecule has 0 radical (unpaired) electrons. The molecule has 0 aliphatic rings. The molecule has 2 aromatic rings. The molecule has 30 heavy (non-hydrogen) atoms. The van der Waals surface area contributed by atoms with Gasteiger partial charge in [0.2, 0.25) is 5.91 Å². The molecular formula is C21H20N2O7. The number of nitrogens with one attached hydrogen (secondary N) is 1. The molecule has 0 saturated heterocycles. The van der Waals surface area contributed by atoms with E-state index in [1.165, 1.54) is 50.4 Å². The number of benzene rings is 1. The van der Waals surface area contributed by atoms with Gasteiger partial charge in [-0.25, -0.2) is 9.78 Å². The van der Waals surface area contributed by atoms with Crippen molar-refractivity contribution >= 4 is 35.7 Å². The Morgan fingerprint density at radius 3 is 2.40 bits per heavy atom. The van der Waals surface area contributed by atoms with Gasteiger partial charge in [-0.3, -0.25) is 14.4 Å². The van der Waals surface area contributed by atoms with Gasteiger partial charge in [0.25, 0.3) is 0 Å². The molecule has 1 N–H and O–H groups in total. The molecule has 0 unspecified atom stereocenters. The first-order valence-electron chi connectivity index (χ1n) is 8.92. The second-order valence-electron chi connectivity index (χ2n) is 5.84. The monoisotopic (exact) mass is 412 g/mol. The largest absolute Gasteiger partial charge is 0.462 e. The number of ether oxygens (including phenoxy) is 3. The van der Waals surface area contributed by atoms with Crippen molar-refractivity contribution in [2.75, 3.05) is 11.9 Å². The number of hydrogen-bond acceptors (Lipinski definition) is 8. The van der Waals surface area contributed by atoms with Crippen LogP contribution in [0.4, 0.5) is 5.82 Å². The van der Waals surface area contributed by atoms with Crippen LogP contribution in [0.2, 0.25) is 0 Å². The van der Waals surface area contributed by atoms with E-state index < -0.39 is 23.8 Å². The van der Waals surface area contributed by atoms with E-state index in [1.54, 1.807) is 19.1 Å². The zero-order valence-electron chi connectivity index (χ0n) is 16.6. The van der Waals surface area contributed by atoms with Crippen molar-refractivity contribution in [2.45, 2.75) is 20.8 Å². The first-order valence-corrected chi connectivity index (χ1v) is 8.92. The first-order chi connectivity index (χ1) is 14.3. The SMILES string of the molecule is CCOC(=O)c1cccnc1NC(=O)C=Cc1ccc(OC(C)=O)c(OC(C)=O)c1. The summed E-state index contributed by atoms with van der Waals surface area (Å²) in [6.45, 7) is 4.29. The number of nitrogens with zero attached hydrogens (tertiary/aromatic N) is 1. The highest BCUT2D eigenvalue weighted by Gasteiger charge is 2.15. The topological polar surface area (TPSA) is 121 Å². The molecule has 0 bridgehead atoms. The van der Waals surface area contributed by atoms with E-state index in [0.29, 0.717) is 5.56 Å². The maximum Gasteiger partial charge on any atom is 0.341 e. The normalized spacial score (nSPS) is 10.4. The maximum absolute atomic E-state index is 12.2. The molecule has 1 amide bonds. The number of pyridine rings is 1. The van der Waals surface area contributed by atoms with E-state index in [-0.39, 0.29) is 29.5 Å². The van der Waals surface area contributed by atoms with E-state index in [0.717, 1.165) is 0 Å². The Morgan fingerprint density at radius 2 is 1.73 bits per heavy atom. The van der Waals surface area contributed by atoms with Crippen LogP contribution in [0.3, 0.4) is 0 Å². The second kappa shape index (κ2) is 10.5. The summed E-state index contributed by atoms with van der Waals surface area (Å²) >= 11 is 0. The average Bonchev–Trinajstić information content (AvgIpc) is 2.68. The molecule has 1 aromatic carbocycles. The van der Waals surface area contributed by atoms with E-state index in [2.05, 4.69) is 10.3 Å². The van der Waals surface area contributed by atoms with Crippen LogP contribution in [0.15, 0.2) is 42.6 Å². The van der Waals surface area contributed by atoms with Gasteiger partial charge in [0, 0.05) is 26.1 Å². The third-order valence-corrected chi connectivity index (χ3v) is 3.45. The molecule has 9 nitrogen and oxygen atoms in total. The van der Waals surface area contributed by atoms with Gasteiger partial charge in [0.1, 0.15) is 11.4 Å². The van der Waals surface area contributed by atoms with Crippen molar-refractivity contribution < 1.29 is 33.4 Å². The minimum absolute atomic E-state index is 0.0366. The fourth-order valence-corrected chi connectivity index (χ4v) is 2.31. The smallest absolute Gasteiger partial charge is 0.341 e. The highest BCUT2D eigenvalue weighted by molar-refractivity contribution is 6.05. The number of anilines is 1. The van der Waals surface area contributed by atoms with Gasteiger partial charge >= 0.3 is 17.9 Å². The summed E-state index contributed by atoms with van der Waals surface area (Å²) < 4.78 is 15.0. The number of rotatable bonds is 7. The Balaban J connectivity index is 2.18. The minimum atomic E-state index is -0.600. The van der Waals surface area contributed by atoms with Gasteiger partial charge in [0.05, 0.1) is 6.61 Å². The second-order valence-corrected chi connectivity index (χ2v) is 5.84. The summed E-state index contributed by atoms with van der Waals surface area (Å²) in [5.41, 5.74) is 0.632. The Labute approximate surface area is 172 Å². The van der Waals surface area contributed by atoms with Gasteiger partial charge in [-0.15, -0.1) is 0 Å². The number of hydrogen-bond donors (Lipinski definition) is 1. The molecule has 1 aromatic heterocycles. The van der Waals surface area contributed by atoms with Crippen LogP contribution in [0, 0.1) is 0 Å². The van der Waals surface area contributed by atoms with Gasteiger partial charge in [0.15, 0.2) is 11.5 Å². The molecule has 0 aliphatic carbocycles. The van der Waals surface area contributed by atoms with Gasteiger partial charge in [-0.05, 0) is 42.8 Å². The molecule has 0 atom stereocenters. The van der Waals surface area contributed by atoms with Crippen molar-refractivity contribution in [3.05, 3.63) is 53.7 Å². The van der Waals surface area contributed by atoms with Crippen LogP contribution >= 0.6 is 0 Å². The summed E-state index contributed by atoms with van der Waals surface area (Å²) in [6, 6.07) is 7.49. The van der Waals surface area contributed by atoms with Gasteiger partial charge < -0.3 is 19.5 Å². The fraction of sp³-hybridized carbons (Fsp3) is 0.190. The summed E-state index contributed by atoms with van der Waals surface area (Å²) in [5.74, 6) is -2.13. The summed E-state index contributed by atoms with van der Waals surface area (Å²) in [6.07, 6.45) is 4.09. The summed E-state index contributed by atoms with van der Waals surface area (Å²) in [7, 11) is 0. The predicted molar refractivity (Wildman–Crippen MR) is 107 cm³/mol. The lowest BCUT2D eigenvalue weighted by molar-refractivity contribution is -0.134. The van der Waals surface area contributed by atoms with Crippen molar-refractivity contribution in [3.63, 3.8) is 0 Å². The van der Waals surface area contributed by atoms with Crippen LogP contribution in [-0.2, 0) is 19.1 Å². The van der Waals surface area contributed by atoms with Crippen molar-refractivity contribution in [1.29, 1.82) is 0 Å². The lowest BCUT2D eigenvalue weighted by atomic mass is 10.2. The number of carbonyl (C=O) groups excluding carboxylic acids is 4. The number of esters is 3. The lowest BCUT2D eigenvalue weighted by Gasteiger charge is -2.09. The number of carbonyl (C=O) groups is 4. The van der Waals surface area contributed by atoms with E-state index in [4.69, 9.17) is 14.2 Å². The Bertz CT molecular complexity index is 999. The first kappa shape index (κ1) is 22.3. The average molecular weight is 412 g/mol. The molecule has 0 spiro atoms. The molecule has 1 heterocycles. The van der Waals surface area contributed by atoms with Crippen LogP contribution < -0.4 is 14.8 Å². The molecule has 0 fully saturated rings. The Hall–Kier alpha value is -4.01. The molecule has 0 saturated carbocycles.